The van der Waals surface area contributed by atoms with Gasteiger partial charge in [-0.15, -0.1) is 0 Å². The third kappa shape index (κ3) is 3.01. The predicted molar refractivity (Wildman–Crippen MR) is 74.7 cm³/mol. The molecule has 2 N–H and O–H groups in total. The minimum Gasteiger partial charge on any atom is -0.481 e. The quantitative estimate of drug-likeness (QED) is 0.885. The van der Waals surface area contributed by atoms with Crippen molar-refractivity contribution in [1.29, 1.82) is 0 Å². The molecule has 0 aliphatic carbocycles. The van der Waals surface area contributed by atoms with E-state index in [1.807, 2.05) is 6.92 Å². The highest BCUT2D eigenvalue weighted by Gasteiger charge is 2.44. The van der Waals surface area contributed by atoms with Gasteiger partial charge in [-0.05, 0) is 26.7 Å². The van der Waals surface area contributed by atoms with E-state index in [0.29, 0.717) is 31.0 Å². The van der Waals surface area contributed by atoms with Crippen LogP contribution in [-0.4, -0.2) is 40.1 Å². The van der Waals surface area contributed by atoms with Crippen molar-refractivity contribution < 1.29 is 19.1 Å². The molecule has 1 aliphatic rings. The van der Waals surface area contributed by atoms with Gasteiger partial charge in [0.05, 0.1) is 11.6 Å². The molecule has 1 saturated heterocycles. The molecule has 2 rings (SSSR count). The molecular weight excluding hydrogens is 274 g/mol. The number of carboxylic acid groups (broad SMARTS) is 1. The van der Waals surface area contributed by atoms with Crippen LogP contribution in [0.5, 0.6) is 0 Å². The minimum absolute atomic E-state index is 0.238. The molecule has 1 aromatic rings. The Bertz CT molecular complexity index is 542. The molecule has 2 amide bonds. The fourth-order valence-electron chi connectivity index (χ4n) is 2.57. The van der Waals surface area contributed by atoms with E-state index in [0.717, 1.165) is 0 Å². The molecule has 0 spiro atoms. The lowest BCUT2D eigenvalue weighted by molar-refractivity contribution is -0.148. The molecule has 2 unspecified atom stereocenters. The number of oxazole rings is 1. The molecule has 0 saturated carbocycles. The normalized spacial score (nSPS) is 23.1. The molecule has 0 bridgehead atoms. The summed E-state index contributed by atoms with van der Waals surface area (Å²) in [6.07, 6.45) is 2.60. The van der Waals surface area contributed by atoms with Gasteiger partial charge < -0.3 is 19.7 Å². The van der Waals surface area contributed by atoms with E-state index >= 15 is 0 Å². The third-order valence-corrected chi connectivity index (χ3v) is 4.12. The summed E-state index contributed by atoms with van der Waals surface area (Å²) >= 11 is 0. The molecular formula is C14H21N3O4. The first-order valence-corrected chi connectivity index (χ1v) is 7.09. The number of carboxylic acids is 1. The van der Waals surface area contributed by atoms with Crippen molar-refractivity contribution in [3.63, 3.8) is 0 Å². The molecule has 1 aliphatic heterocycles. The van der Waals surface area contributed by atoms with Gasteiger partial charge in [0.2, 0.25) is 5.89 Å². The van der Waals surface area contributed by atoms with Crippen LogP contribution in [0.2, 0.25) is 0 Å². The monoisotopic (exact) mass is 295 g/mol. The topological polar surface area (TPSA) is 95.7 Å². The largest absolute Gasteiger partial charge is 0.481 e. The second-order valence-electron chi connectivity index (χ2n) is 5.59. The van der Waals surface area contributed by atoms with Crippen molar-refractivity contribution in [1.82, 2.24) is 15.2 Å². The highest BCUT2D eigenvalue weighted by atomic mass is 16.4. The van der Waals surface area contributed by atoms with Gasteiger partial charge in [0.1, 0.15) is 11.8 Å². The van der Waals surface area contributed by atoms with E-state index < -0.39 is 11.4 Å². The molecule has 7 heteroatoms. The van der Waals surface area contributed by atoms with Crippen molar-refractivity contribution in [3.8, 4) is 0 Å². The molecule has 1 aromatic heterocycles. The van der Waals surface area contributed by atoms with Gasteiger partial charge in [-0.3, -0.25) is 4.79 Å². The lowest BCUT2D eigenvalue weighted by Gasteiger charge is -2.24. The minimum atomic E-state index is -0.836. The van der Waals surface area contributed by atoms with E-state index in [9.17, 15) is 14.7 Å². The molecule has 7 nitrogen and oxygen atoms in total. The van der Waals surface area contributed by atoms with Crippen molar-refractivity contribution in [2.75, 3.05) is 13.1 Å². The van der Waals surface area contributed by atoms with Gasteiger partial charge in [-0.2, -0.15) is 0 Å². The molecule has 21 heavy (non-hydrogen) atoms. The van der Waals surface area contributed by atoms with Crippen molar-refractivity contribution in [2.24, 2.45) is 5.41 Å². The maximum atomic E-state index is 12.2. The number of hydrogen-bond acceptors (Lipinski definition) is 4. The molecule has 1 fully saturated rings. The number of nitrogens with zero attached hydrogens (tertiary/aromatic N) is 2. The van der Waals surface area contributed by atoms with E-state index in [1.165, 1.54) is 0 Å². The zero-order chi connectivity index (χ0) is 15.6. The van der Waals surface area contributed by atoms with Crippen molar-refractivity contribution >= 4 is 12.0 Å². The fourth-order valence-corrected chi connectivity index (χ4v) is 2.57. The number of aryl methyl sites for hydroxylation is 1. The van der Waals surface area contributed by atoms with Crippen LogP contribution in [-0.2, 0) is 4.79 Å². The smallest absolute Gasteiger partial charge is 0.318 e. The van der Waals surface area contributed by atoms with Gasteiger partial charge in [-0.1, -0.05) is 6.92 Å². The van der Waals surface area contributed by atoms with Crippen LogP contribution in [0.25, 0.3) is 0 Å². The second-order valence-corrected chi connectivity index (χ2v) is 5.59. The fraction of sp³-hybridized carbons (Fsp3) is 0.643. The Hall–Kier alpha value is -2.05. The third-order valence-electron chi connectivity index (χ3n) is 4.12. The Morgan fingerprint density at radius 2 is 2.33 bits per heavy atom. The zero-order valence-corrected chi connectivity index (χ0v) is 12.5. The van der Waals surface area contributed by atoms with Crippen molar-refractivity contribution in [3.05, 3.63) is 17.8 Å². The maximum absolute atomic E-state index is 12.2. The Kier molecular flexibility index (Phi) is 4.20. The standard InChI is InChI=1S/C14H21N3O4/c1-4-14(12(18)19)5-6-17(8-14)13(20)16-10(3)11-15-7-9(2)21-11/h7,10H,4-6,8H2,1-3H3,(H,16,20)(H,18,19). The molecule has 0 aromatic carbocycles. The van der Waals surface area contributed by atoms with Crippen molar-refractivity contribution in [2.45, 2.75) is 39.7 Å². The summed E-state index contributed by atoms with van der Waals surface area (Å²) in [5.74, 6) is 0.292. The first kappa shape index (κ1) is 15.3. The summed E-state index contributed by atoms with van der Waals surface area (Å²) in [7, 11) is 0. The van der Waals surface area contributed by atoms with Crippen LogP contribution in [0.4, 0.5) is 4.79 Å². The van der Waals surface area contributed by atoms with Gasteiger partial charge >= 0.3 is 12.0 Å². The first-order valence-electron chi connectivity index (χ1n) is 7.09. The average Bonchev–Trinajstić information content (AvgIpc) is 3.05. The average molecular weight is 295 g/mol. The van der Waals surface area contributed by atoms with E-state index in [4.69, 9.17) is 4.42 Å². The number of nitrogens with one attached hydrogen (secondary N) is 1. The van der Waals surface area contributed by atoms with E-state index in [-0.39, 0.29) is 18.6 Å². The van der Waals surface area contributed by atoms with Crippen LogP contribution < -0.4 is 5.32 Å². The summed E-state index contributed by atoms with van der Waals surface area (Å²) < 4.78 is 5.37. The molecule has 2 heterocycles. The zero-order valence-electron chi connectivity index (χ0n) is 12.5. The number of rotatable bonds is 4. The van der Waals surface area contributed by atoms with Crippen LogP contribution >= 0.6 is 0 Å². The van der Waals surface area contributed by atoms with Gasteiger partial charge in [0.15, 0.2) is 0 Å². The van der Waals surface area contributed by atoms with E-state index in [1.54, 1.807) is 24.9 Å². The number of carbonyl (C=O) groups is 2. The SMILES string of the molecule is CCC1(C(=O)O)CCN(C(=O)NC(C)c2ncc(C)o2)C1. The number of aromatic nitrogens is 1. The summed E-state index contributed by atoms with van der Waals surface area (Å²) in [5, 5.41) is 12.1. The number of urea groups is 1. The second kappa shape index (κ2) is 5.75. The van der Waals surface area contributed by atoms with Gasteiger partial charge in [-0.25, -0.2) is 9.78 Å². The predicted octanol–water partition coefficient (Wildman–Crippen LogP) is 1.94. The lowest BCUT2D eigenvalue weighted by atomic mass is 9.84. The Morgan fingerprint density at radius 3 is 2.81 bits per heavy atom. The number of likely N-dealkylation sites (tertiary alicyclic amines) is 1. The lowest BCUT2D eigenvalue weighted by Crippen LogP contribution is -2.42. The number of carbonyl (C=O) groups excluding carboxylic acids is 1. The maximum Gasteiger partial charge on any atom is 0.318 e. The number of amides is 2. The number of hydrogen-bond donors (Lipinski definition) is 2. The van der Waals surface area contributed by atoms with Crippen LogP contribution in [0.3, 0.4) is 0 Å². The van der Waals surface area contributed by atoms with Crippen LogP contribution in [0.15, 0.2) is 10.6 Å². The highest BCUT2D eigenvalue weighted by molar-refractivity contribution is 5.79. The Morgan fingerprint density at radius 1 is 1.62 bits per heavy atom. The first-order chi connectivity index (χ1) is 9.88. The Labute approximate surface area is 123 Å². The van der Waals surface area contributed by atoms with Crippen LogP contribution in [0, 0.1) is 12.3 Å². The van der Waals surface area contributed by atoms with Crippen LogP contribution in [0.1, 0.15) is 44.4 Å². The molecule has 0 radical (unpaired) electrons. The van der Waals surface area contributed by atoms with Gasteiger partial charge in [0, 0.05) is 13.1 Å². The number of aliphatic carboxylic acids is 1. The highest BCUT2D eigenvalue weighted by Crippen LogP contribution is 2.34. The Balaban J connectivity index is 1.97. The van der Waals surface area contributed by atoms with E-state index in [2.05, 4.69) is 10.3 Å². The summed E-state index contributed by atoms with van der Waals surface area (Å²) in [5.41, 5.74) is -0.819. The summed E-state index contributed by atoms with van der Waals surface area (Å²) in [6, 6.07) is -0.636. The molecule has 116 valence electrons. The molecule has 2 atom stereocenters. The van der Waals surface area contributed by atoms with Gasteiger partial charge in [0.25, 0.3) is 0 Å². The summed E-state index contributed by atoms with van der Waals surface area (Å²) in [4.78, 5) is 29.2. The summed E-state index contributed by atoms with van der Waals surface area (Å²) in [6.45, 7) is 6.09.